The van der Waals surface area contributed by atoms with E-state index >= 15 is 0 Å². The third-order valence-electron chi connectivity index (χ3n) is 7.71. The summed E-state index contributed by atoms with van der Waals surface area (Å²) in [4.78, 5) is 2.30. The van der Waals surface area contributed by atoms with E-state index in [0.717, 1.165) is 61.5 Å². The van der Waals surface area contributed by atoms with Gasteiger partial charge in [-0.25, -0.2) is 5.84 Å². The van der Waals surface area contributed by atoms with Gasteiger partial charge in [-0.15, -0.1) is 0 Å². The third kappa shape index (κ3) is 4.40. The molecule has 1 aromatic heterocycles. The molecule has 0 aliphatic heterocycles. The fourth-order valence-electron chi connectivity index (χ4n) is 5.75. The zero-order valence-corrected chi connectivity index (χ0v) is 23.1. The quantitative estimate of drug-likeness (QED) is 0.161. The van der Waals surface area contributed by atoms with Crippen LogP contribution in [0.5, 0.6) is 0 Å². The summed E-state index contributed by atoms with van der Waals surface area (Å²) < 4.78 is 2.32. The fourth-order valence-corrected chi connectivity index (χ4v) is 5.75. The molecule has 0 radical (unpaired) electrons. The Kier molecular flexibility index (Phi) is 6.51. The van der Waals surface area contributed by atoms with Crippen LogP contribution in [0.4, 0.5) is 28.4 Å². The van der Waals surface area contributed by atoms with Gasteiger partial charge in [-0.3, -0.25) is 5.01 Å². The number of hydrogen-bond donors (Lipinski definition) is 1. The average Bonchev–Trinajstić information content (AvgIpc) is 3.38. The summed E-state index contributed by atoms with van der Waals surface area (Å²) in [6.45, 7) is 4.15. The third-order valence-corrected chi connectivity index (χ3v) is 7.71. The molecule has 0 saturated carbocycles. The highest BCUT2D eigenvalue weighted by Crippen LogP contribution is 2.41. The predicted octanol–water partition coefficient (Wildman–Crippen LogP) is 9.91. The van der Waals surface area contributed by atoms with Crippen molar-refractivity contribution < 1.29 is 0 Å². The lowest BCUT2D eigenvalue weighted by atomic mass is 10.1. The number of hydrogen-bond acceptors (Lipinski definition) is 3. The van der Waals surface area contributed by atoms with Crippen LogP contribution in [0.2, 0.25) is 0 Å². The van der Waals surface area contributed by atoms with Gasteiger partial charge >= 0.3 is 0 Å². The number of fused-ring (bicyclic) bond motifs is 3. The molecule has 1 heterocycles. The van der Waals surface area contributed by atoms with Gasteiger partial charge in [0.25, 0.3) is 0 Å². The standard InChI is InChI=1S/C38H30N4/c1-2-28-25-34-35-26-33(40(29-15-7-3-8-16-29)30-17-9-4-10-18-30)23-24-36(35)41(31-19-11-5-12-20-31)38(34)27-37(28)42(39)32-21-13-6-14-22-32/h2-27H,1,39H2. The van der Waals surface area contributed by atoms with Crippen molar-refractivity contribution in [3.05, 3.63) is 164 Å². The molecular weight excluding hydrogens is 512 g/mol. The highest BCUT2D eigenvalue weighted by molar-refractivity contribution is 6.12. The minimum absolute atomic E-state index is 0.888. The normalized spacial score (nSPS) is 11.1. The Morgan fingerprint density at radius 2 is 1.05 bits per heavy atom. The van der Waals surface area contributed by atoms with Gasteiger partial charge in [-0.1, -0.05) is 85.5 Å². The number of rotatable bonds is 7. The molecule has 0 atom stereocenters. The molecule has 0 saturated heterocycles. The minimum atomic E-state index is 0.888. The first-order chi connectivity index (χ1) is 20.7. The van der Waals surface area contributed by atoms with Gasteiger partial charge in [-0.05, 0) is 84.4 Å². The number of anilines is 5. The van der Waals surface area contributed by atoms with Crippen molar-refractivity contribution in [2.75, 3.05) is 9.91 Å². The largest absolute Gasteiger partial charge is 0.310 e. The second-order valence-corrected chi connectivity index (χ2v) is 10.2. The first-order valence-electron chi connectivity index (χ1n) is 14.0. The summed E-state index contributed by atoms with van der Waals surface area (Å²) in [5.41, 5.74) is 9.34. The van der Waals surface area contributed by atoms with E-state index in [0.29, 0.717) is 0 Å². The van der Waals surface area contributed by atoms with Crippen LogP contribution in [-0.4, -0.2) is 4.57 Å². The maximum atomic E-state index is 6.73. The topological polar surface area (TPSA) is 37.4 Å². The van der Waals surface area contributed by atoms with E-state index in [1.54, 1.807) is 5.01 Å². The van der Waals surface area contributed by atoms with E-state index in [9.17, 15) is 0 Å². The Morgan fingerprint density at radius 1 is 0.524 bits per heavy atom. The zero-order chi connectivity index (χ0) is 28.5. The molecule has 0 unspecified atom stereocenters. The molecule has 2 N–H and O–H groups in total. The van der Waals surface area contributed by atoms with Crippen LogP contribution < -0.4 is 15.8 Å². The molecule has 7 aromatic rings. The molecular formula is C38H30N4. The first kappa shape index (κ1) is 25.4. The Hall–Kier alpha value is -5.58. The summed E-state index contributed by atoms with van der Waals surface area (Å²) in [5, 5.41) is 4.03. The maximum Gasteiger partial charge on any atom is 0.0668 e. The smallest absolute Gasteiger partial charge is 0.0668 e. The Balaban J connectivity index is 1.51. The van der Waals surface area contributed by atoms with Crippen molar-refractivity contribution in [3.8, 4) is 5.69 Å². The van der Waals surface area contributed by atoms with Crippen molar-refractivity contribution in [3.63, 3.8) is 0 Å². The SMILES string of the molecule is C=Cc1cc2c3cc(N(c4ccccc4)c4ccccc4)ccc3n(-c3ccccc3)c2cc1N(N)c1ccccc1. The summed E-state index contributed by atoms with van der Waals surface area (Å²) in [6, 6.07) is 52.6. The van der Waals surface area contributed by atoms with Gasteiger partial charge in [0.1, 0.15) is 0 Å². The van der Waals surface area contributed by atoms with Gasteiger partial charge in [0, 0.05) is 33.5 Å². The lowest BCUT2D eigenvalue weighted by Crippen LogP contribution is -2.25. The predicted molar refractivity (Wildman–Crippen MR) is 178 cm³/mol. The molecule has 42 heavy (non-hydrogen) atoms. The number of nitrogens with zero attached hydrogens (tertiary/aromatic N) is 3. The van der Waals surface area contributed by atoms with E-state index in [4.69, 9.17) is 5.84 Å². The van der Waals surface area contributed by atoms with E-state index in [2.05, 4.69) is 119 Å². The summed E-state index contributed by atoms with van der Waals surface area (Å²) in [5.74, 6) is 6.73. The first-order valence-corrected chi connectivity index (χ1v) is 14.0. The van der Waals surface area contributed by atoms with Crippen molar-refractivity contribution in [1.82, 2.24) is 4.57 Å². The van der Waals surface area contributed by atoms with Crippen LogP contribution in [0.15, 0.2) is 158 Å². The zero-order valence-electron chi connectivity index (χ0n) is 23.1. The summed E-state index contributed by atoms with van der Waals surface area (Å²) >= 11 is 0. The second-order valence-electron chi connectivity index (χ2n) is 10.2. The monoisotopic (exact) mass is 542 g/mol. The molecule has 0 aliphatic carbocycles. The van der Waals surface area contributed by atoms with Crippen LogP contribution in [0, 0.1) is 0 Å². The molecule has 202 valence electrons. The molecule has 0 aliphatic rings. The number of para-hydroxylation sites is 4. The summed E-state index contributed by atoms with van der Waals surface area (Å²) in [7, 11) is 0. The molecule has 0 bridgehead atoms. The van der Waals surface area contributed by atoms with Gasteiger partial charge in [-0.2, -0.15) is 0 Å². The maximum absolute atomic E-state index is 6.73. The number of aromatic nitrogens is 1. The highest BCUT2D eigenvalue weighted by Gasteiger charge is 2.20. The number of benzene rings is 6. The molecule has 4 nitrogen and oxygen atoms in total. The van der Waals surface area contributed by atoms with Gasteiger partial charge in [0.15, 0.2) is 0 Å². The molecule has 4 heteroatoms. The van der Waals surface area contributed by atoms with Gasteiger partial charge < -0.3 is 9.47 Å². The lowest BCUT2D eigenvalue weighted by Gasteiger charge is -2.25. The van der Waals surface area contributed by atoms with Crippen molar-refractivity contribution in [1.29, 1.82) is 0 Å². The van der Waals surface area contributed by atoms with Crippen LogP contribution in [0.3, 0.4) is 0 Å². The van der Waals surface area contributed by atoms with Crippen LogP contribution in [-0.2, 0) is 0 Å². The molecule has 7 rings (SSSR count). The fraction of sp³-hybridized carbons (Fsp3) is 0. The van der Waals surface area contributed by atoms with Crippen LogP contribution in [0.1, 0.15) is 5.56 Å². The number of nitrogens with two attached hydrogens (primary N) is 1. The Bertz CT molecular complexity index is 1960. The van der Waals surface area contributed by atoms with Crippen molar-refractivity contribution >= 4 is 56.3 Å². The van der Waals surface area contributed by atoms with E-state index in [-0.39, 0.29) is 0 Å². The van der Waals surface area contributed by atoms with Crippen molar-refractivity contribution in [2.24, 2.45) is 5.84 Å². The lowest BCUT2D eigenvalue weighted by molar-refractivity contribution is 1.08. The highest BCUT2D eigenvalue weighted by atomic mass is 15.4. The minimum Gasteiger partial charge on any atom is -0.310 e. The van der Waals surface area contributed by atoms with Crippen LogP contribution >= 0.6 is 0 Å². The average molecular weight is 543 g/mol. The van der Waals surface area contributed by atoms with Crippen LogP contribution in [0.25, 0.3) is 33.6 Å². The summed E-state index contributed by atoms with van der Waals surface area (Å²) in [6.07, 6.45) is 1.88. The van der Waals surface area contributed by atoms with E-state index in [1.807, 2.05) is 54.6 Å². The van der Waals surface area contributed by atoms with E-state index < -0.39 is 0 Å². The Morgan fingerprint density at radius 3 is 1.62 bits per heavy atom. The van der Waals surface area contributed by atoms with E-state index in [1.165, 1.54) is 0 Å². The molecule has 0 amide bonds. The van der Waals surface area contributed by atoms with Gasteiger partial charge in [0.05, 0.1) is 22.4 Å². The molecule has 0 spiro atoms. The Labute approximate surface area is 245 Å². The molecule has 0 fully saturated rings. The molecule has 6 aromatic carbocycles. The number of hydrazine groups is 1. The van der Waals surface area contributed by atoms with Gasteiger partial charge in [0.2, 0.25) is 0 Å². The van der Waals surface area contributed by atoms with Crippen molar-refractivity contribution in [2.45, 2.75) is 0 Å². The second kappa shape index (κ2) is 10.8.